The van der Waals surface area contributed by atoms with E-state index in [4.69, 9.17) is 33.0 Å². The van der Waals surface area contributed by atoms with E-state index in [2.05, 4.69) is 25.9 Å². The smallest absolute Gasteiger partial charge is 0.270 e. The van der Waals surface area contributed by atoms with Crippen molar-refractivity contribution >= 4 is 40.8 Å². The largest absolute Gasteiger partial charge is 0.497 e. The Morgan fingerprint density at radius 3 is 2.53 bits per heavy atom. The van der Waals surface area contributed by atoms with E-state index in [1.54, 1.807) is 25.3 Å². The summed E-state index contributed by atoms with van der Waals surface area (Å²) in [6.07, 6.45) is 0.704. The van der Waals surface area contributed by atoms with Crippen molar-refractivity contribution in [3.63, 3.8) is 0 Å². The molecule has 0 spiro atoms. The van der Waals surface area contributed by atoms with Crippen molar-refractivity contribution in [3.05, 3.63) is 99.0 Å². The lowest BCUT2D eigenvalue weighted by atomic mass is 9.98. The molecule has 1 aliphatic rings. The van der Waals surface area contributed by atoms with Gasteiger partial charge in [0.25, 0.3) is 11.9 Å². The quantitative estimate of drug-likeness (QED) is 0.349. The lowest BCUT2D eigenvalue weighted by molar-refractivity contribution is 0.102. The van der Waals surface area contributed by atoms with Gasteiger partial charge < -0.3 is 4.74 Å². The van der Waals surface area contributed by atoms with E-state index in [0.29, 0.717) is 28.6 Å². The van der Waals surface area contributed by atoms with Crippen LogP contribution in [0.2, 0.25) is 10.0 Å². The van der Waals surface area contributed by atoms with Crippen molar-refractivity contribution in [2.45, 2.75) is 19.0 Å². The van der Waals surface area contributed by atoms with Gasteiger partial charge >= 0.3 is 0 Å². The molecule has 36 heavy (non-hydrogen) atoms. The van der Waals surface area contributed by atoms with E-state index >= 15 is 0 Å². The molecule has 5 rings (SSSR count). The average molecular weight is 522 g/mol. The molecule has 2 N–H and O–H groups in total. The topological polar surface area (TPSA) is 108 Å². The number of benzene rings is 3. The van der Waals surface area contributed by atoms with Gasteiger partial charge in [0.05, 0.1) is 35.5 Å². The molecule has 3 aromatic carbocycles. The Morgan fingerprint density at radius 1 is 1.08 bits per heavy atom. The maximum absolute atomic E-state index is 12.4. The molecular formula is C25H21Cl2N7O2. The van der Waals surface area contributed by atoms with Crippen LogP contribution in [0, 0.1) is 0 Å². The molecule has 0 aliphatic carbocycles. The summed E-state index contributed by atoms with van der Waals surface area (Å²) in [5.41, 5.74) is 4.48. The van der Waals surface area contributed by atoms with Gasteiger partial charge in [-0.15, -0.1) is 5.10 Å². The van der Waals surface area contributed by atoms with Crippen LogP contribution in [0.3, 0.4) is 0 Å². The zero-order chi connectivity index (χ0) is 25.1. The number of amides is 1. The number of methoxy groups -OCH3 is 1. The number of hydrogen-bond donors (Lipinski definition) is 2. The van der Waals surface area contributed by atoms with Crippen LogP contribution in [0.4, 0.5) is 5.95 Å². The van der Waals surface area contributed by atoms with Crippen molar-refractivity contribution in [3.8, 4) is 5.75 Å². The van der Waals surface area contributed by atoms with Crippen LogP contribution < -0.4 is 10.1 Å². The Kier molecular flexibility index (Phi) is 6.84. The van der Waals surface area contributed by atoms with Crippen LogP contribution in [0.1, 0.15) is 39.5 Å². The summed E-state index contributed by atoms with van der Waals surface area (Å²) < 4.78 is 5.28. The molecule has 0 radical (unpaired) electrons. The number of anilines is 1. The Bertz CT molecular complexity index is 1390. The van der Waals surface area contributed by atoms with Crippen molar-refractivity contribution in [2.24, 2.45) is 5.10 Å². The number of carbonyl (C=O) groups excluding carboxylic acids is 1. The van der Waals surface area contributed by atoms with Gasteiger partial charge in [0.2, 0.25) is 0 Å². The molecule has 0 saturated carbocycles. The number of H-pyrrole nitrogens is 1. The first-order chi connectivity index (χ1) is 17.5. The minimum atomic E-state index is -0.322. The van der Waals surface area contributed by atoms with Crippen LogP contribution in [-0.4, -0.2) is 44.4 Å². The van der Waals surface area contributed by atoms with Crippen LogP contribution >= 0.6 is 23.2 Å². The molecule has 0 bridgehead atoms. The summed E-state index contributed by atoms with van der Waals surface area (Å²) in [6, 6.07) is 20.8. The standard InChI is InChI=1S/C25H21Cl2N7O2/c1-36-19-9-6-16(7-10-19)22-13-23(18-8-11-20(26)21(27)12-18)34(31-22)14-15-2-4-17(5-3-15)24(35)28-25-29-32-33-30-25/h2-12,23H,13-14H2,1H3,(H2,28,29,30,32,33,35). The monoisotopic (exact) mass is 521 g/mol. The van der Waals surface area contributed by atoms with Gasteiger partial charge in [-0.05, 0) is 70.4 Å². The lowest BCUT2D eigenvalue weighted by Gasteiger charge is -2.24. The Morgan fingerprint density at radius 2 is 1.86 bits per heavy atom. The van der Waals surface area contributed by atoms with Gasteiger partial charge in [-0.3, -0.25) is 15.1 Å². The summed E-state index contributed by atoms with van der Waals surface area (Å²) in [5.74, 6) is 0.585. The highest BCUT2D eigenvalue weighted by molar-refractivity contribution is 6.42. The second-order valence-electron chi connectivity index (χ2n) is 8.15. The Hall–Kier alpha value is -3.95. The highest BCUT2D eigenvalue weighted by Crippen LogP contribution is 2.36. The highest BCUT2D eigenvalue weighted by Gasteiger charge is 2.29. The first-order valence-corrected chi connectivity index (χ1v) is 11.8. The molecular weight excluding hydrogens is 501 g/mol. The third-order valence-electron chi connectivity index (χ3n) is 5.88. The van der Waals surface area contributed by atoms with Crippen LogP contribution in [-0.2, 0) is 6.54 Å². The fraction of sp³-hybridized carbons (Fsp3) is 0.160. The van der Waals surface area contributed by atoms with Crippen molar-refractivity contribution < 1.29 is 9.53 Å². The molecule has 182 valence electrons. The summed E-state index contributed by atoms with van der Waals surface area (Å²) in [5, 5.41) is 23.8. The SMILES string of the molecule is COc1ccc(C2=NN(Cc3ccc(C(=O)Nc4nn[nH]n4)cc3)C(c3ccc(Cl)c(Cl)c3)C2)cc1. The van der Waals surface area contributed by atoms with Gasteiger partial charge in [-0.25, -0.2) is 0 Å². The number of hydrogen-bond acceptors (Lipinski definition) is 7. The molecule has 0 saturated heterocycles. The molecule has 1 aliphatic heterocycles. The summed E-state index contributed by atoms with van der Waals surface area (Å²) >= 11 is 12.5. The molecule has 1 unspecified atom stereocenters. The van der Waals surface area contributed by atoms with Gasteiger partial charge in [0.1, 0.15) is 5.75 Å². The van der Waals surface area contributed by atoms with Gasteiger partial charge in [-0.1, -0.05) is 46.5 Å². The van der Waals surface area contributed by atoms with Gasteiger partial charge in [0.15, 0.2) is 0 Å². The summed E-state index contributed by atoms with van der Waals surface area (Å²) in [4.78, 5) is 12.4. The Balaban J connectivity index is 1.38. The van der Waals surface area contributed by atoms with E-state index in [-0.39, 0.29) is 17.9 Å². The van der Waals surface area contributed by atoms with Gasteiger partial charge in [-0.2, -0.15) is 10.3 Å². The van der Waals surface area contributed by atoms with Crippen molar-refractivity contribution in [1.29, 1.82) is 0 Å². The van der Waals surface area contributed by atoms with E-state index in [9.17, 15) is 4.79 Å². The van der Waals surface area contributed by atoms with Crippen LogP contribution in [0.25, 0.3) is 0 Å². The number of aromatic amines is 1. The average Bonchev–Trinajstić information content (AvgIpc) is 3.56. The number of carbonyl (C=O) groups is 1. The first-order valence-electron chi connectivity index (χ1n) is 11.1. The van der Waals surface area contributed by atoms with E-state index < -0.39 is 0 Å². The number of nitrogens with zero attached hydrogens (tertiary/aromatic N) is 5. The molecule has 11 heteroatoms. The molecule has 9 nitrogen and oxygen atoms in total. The van der Waals surface area contributed by atoms with E-state index in [1.165, 1.54) is 0 Å². The number of rotatable bonds is 7. The number of halogens is 2. The fourth-order valence-corrected chi connectivity index (χ4v) is 4.31. The maximum Gasteiger partial charge on any atom is 0.270 e. The van der Waals surface area contributed by atoms with Crippen LogP contribution in [0.5, 0.6) is 5.75 Å². The van der Waals surface area contributed by atoms with E-state index in [1.807, 2.05) is 53.5 Å². The molecule has 1 amide bonds. The third-order valence-corrected chi connectivity index (χ3v) is 6.62. The summed E-state index contributed by atoms with van der Waals surface area (Å²) in [6.45, 7) is 0.539. The molecule has 4 aromatic rings. The normalized spacial score (nSPS) is 15.0. The zero-order valence-corrected chi connectivity index (χ0v) is 20.7. The molecule has 1 atom stereocenters. The number of aromatic nitrogens is 4. The third kappa shape index (κ3) is 5.17. The highest BCUT2D eigenvalue weighted by atomic mass is 35.5. The zero-order valence-electron chi connectivity index (χ0n) is 19.2. The van der Waals surface area contributed by atoms with E-state index in [0.717, 1.165) is 28.2 Å². The maximum atomic E-state index is 12.4. The molecule has 1 aromatic heterocycles. The van der Waals surface area contributed by atoms with Crippen molar-refractivity contribution in [1.82, 2.24) is 25.6 Å². The lowest BCUT2D eigenvalue weighted by Crippen LogP contribution is -2.19. The predicted molar refractivity (Wildman–Crippen MR) is 137 cm³/mol. The number of nitrogens with one attached hydrogen (secondary N) is 2. The fourth-order valence-electron chi connectivity index (χ4n) is 4.01. The van der Waals surface area contributed by atoms with Crippen LogP contribution in [0.15, 0.2) is 71.8 Å². The summed E-state index contributed by atoms with van der Waals surface area (Å²) in [7, 11) is 1.64. The first kappa shape index (κ1) is 23.8. The minimum Gasteiger partial charge on any atom is -0.497 e. The second-order valence-corrected chi connectivity index (χ2v) is 8.97. The predicted octanol–water partition coefficient (Wildman–Crippen LogP) is 5.12. The number of hydrazone groups is 1. The Labute approximate surface area is 217 Å². The molecule has 0 fully saturated rings. The molecule has 2 heterocycles. The van der Waals surface area contributed by atoms with Crippen molar-refractivity contribution in [2.75, 3.05) is 12.4 Å². The second kappa shape index (κ2) is 10.3. The minimum absolute atomic E-state index is 0.0296. The number of tetrazole rings is 1. The number of ether oxygens (including phenoxy) is 1. The van der Waals surface area contributed by atoms with Gasteiger partial charge in [0, 0.05) is 12.0 Å².